The van der Waals surface area contributed by atoms with Crippen molar-refractivity contribution in [3.05, 3.63) is 21.3 Å². The molecule has 0 aliphatic rings. The molecule has 0 bridgehead atoms. The Morgan fingerprint density at radius 2 is 2.11 bits per heavy atom. The van der Waals surface area contributed by atoms with Crippen molar-refractivity contribution in [1.29, 1.82) is 0 Å². The van der Waals surface area contributed by atoms with Crippen LogP contribution in [0, 0.1) is 0 Å². The first kappa shape index (κ1) is 15.5. The molecule has 0 aliphatic heterocycles. The van der Waals surface area contributed by atoms with E-state index in [-0.39, 0.29) is 12.3 Å². The highest BCUT2D eigenvalue weighted by Crippen LogP contribution is 2.24. The number of carbonyl (C=O) groups excluding carboxylic acids is 1. The van der Waals surface area contributed by atoms with Crippen LogP contribution in [0.15, 0.2) is 12.1 Å². The normalized spacial score (nSPS) is 13.9. The first-order valence-electron chi connectivity index (χ1n) is 5.27. The molecule has 7 heteroatoms. The first-order chi connectivity index (χ1) is 8.20. The molecule has 0 saturated carbocycles. The van der Waals surface area contributed by atoms with Gasteiger partial charge in [-0.25, -0.2) is 0 Å². The molecular weight excluding hydrogens is 287 g/mol. The highest BCUT2D eigenvalue weighted by Gasteiger charge is 2.29. The summed E-state index contributed by atoms with van der Waals surface area (Å²) in [5.74, 6) is -0.212. The van der Waals surface area contributed by atoms with Gasteiger partial charge in [-0.2, -0.15) is 13.2 Å². The molecule has 0 aliphatic carbocycles. The second-order valence-corrected chi connectivity index (χ2v) is 5.70. The summed E-state index contributed by atoms with van der Waals surface area (Å²) in [6.45, 7) is 1.39. The lowest BCUT2D eigenvalue weighted by atomic mass is 10.1. The summed E-state index contributed by atoms with van der Waals surface area (Å²) in [5.41, 5.74) is 0. The number of ketones is 1. The standard InChI is InChI=1S/C11H13ClF3NOS/c1-7(16(2)6-5-11(13,14)15)10(17)8-3-4-9(12)18-8/h3-4,7H,5-6H2,1-2H3. The fourth-order valence-corrected chi connectivity index (χ4v) is 2.42. The molecule has 0 amide bonds. The molecule has 0 saturated heterocycles. The van der Waals surface area contributed by atoms with Crippen LogP contribution in [0.5, 0.6) is 0 Å². The van der Waals surface area contributed by atoms with Gasteiger partial charge in [0.1, 0.15) is 0 Å². The molecule has 1 heterocycles. The van der Waals surface area contributed by atoms with E-state index in [0.29, 0.717) is 9.21 Å². The molecule has 0 fully saturated rings. The van der Waals surface area contributed by atoms with Crippen LogP contribution in [0.2, 0.25) is 4.34 Å². The Labute approximate surface area is 112 Å². The van der Waals surface area contributed by atoms with Gasteiger partial charge in [0.15, 0.2) is 5.78 Å². The van der Waals surface area contributed by atoms with Crippen molar-refractivity contribution < 1.29 is 18.0 Å². The number of Topliss-reactive ketones (excluding diaryl/α,β-unsaturated/α-hetero) is 1. The second kappa shape index (κ2) is 6.04. The van der Waals surface area contributed by atoms with Crippen LogP contribution < -0.4 is 0 Å². The van der Waals surface area contributed by atoms with Crippen LogP contribution in [0.3, 0.4) is 0 Å². The minimum absolute atomic E-state index is 0.199. The van der Waals surface area contributed by atoms with Gasteiger partial charge in [-0.3, -0.25) is 9.69 Å². The van der Waals surface area contributed by atoms with Crippen LogP contribution in [0.1, 0.15) is 23.0 Å². The van der Waals surface area contributed by atoms with Gasteiger partial charge in [-0.1, -0.05) is 11.6 Å². The topological polar surface area (TPSA) is 20.3 Å². The van der Waals surface area contributed by atoms with Gasteiger partial charge < -0.3 is 0 Å². The zero-order chi connectivity index (χ0) is 13.9. The maximum absolute atomic E-state index is 12.1. The Bertz CT molecular complexity index is 419. The van der Waals surface area contributed by atoms with Crippen molar-refractivity contribution in [1.82, 2.24) is 4.90 Å². The van der Waals surface area contributed by atoms with Crippen molar-refractivity contribution in [2.75, 3.05) is 13.6 Å². The number of carbonyl (C=O) groups is 1. The van der Waals surface area contributed by atoms with Crippen molar-refractivity contribution in [2.24, 2.45) is 0 Å². The zero-order valence-corrected chi connectivity index (χ0v) is 11.5. The number of hydrogen-bond donors (Lipinski definition) is 0. The SMILES string of the molecule is CC(C(=O)c1ccc(Cl)s1)N(C)CCC(F)(F)F. The quantitative estimate of drug-likeness (QED) is 0.770. The summed E-state index contributed by atoms with van der Waals surface area (Å²) in [4.78, 5) is 13.8. The van der Waals surface area contributed by atoms with Gasteiger partial charge in [0.25, 0.3) is 0 Å². The van der Waals surface area contributed by atoms with E-state index in [1.807, 2.05) is 0 Å². The molecule has 0 N–H and O–H groups in total. The lowest BCUT2D eigenvalue weighted by molar-refractivity contribution is -0.137. The molecule has 1 atom stereocenters. The molecule has 2 nitrogen and oxygen atoms in total. The Morgan fingerprint density at radius 1 is 1.50 bits per heavy atom. The highest BCUT2D eigenvalue weighted by molar-refractivity contribution is 7.18. The number of hydrogen-bond acceptors (Lipinski definition) is 3. The van der Waals surface area contributed by atoms with Crippen LogP contribution in [0.4, 0.5) is 13.2 Å². The second-order valence-electron chi connectivity index (χ2n) is 3.99. The van der Waals surface area contributed by atoms with E-state index < -0.39 is 18.6 Å². The van der Waals surface area contributed by atoms with Crippen molar-refractivity contribution in [2.45, 2.75) is 25.6 Å². The van der Waals surface area contributed by atoms with Crippen molar-refractivity contribution in [3.63, 3.8) is 0 Å². The summed E-state index contributed by atoms with van der Waals surface area (Å²) in [7, 11) is 1.50. The number of thiophene rings is 1. The third kappa shape index (κ3) is 4.59. The van der Waals surface area contributed by atoms with Crippen molar-refractivity contribution >= 4 is 28.7 Å². The first-order valence-corrected chi connectivity index (χ1v) is 6.46. The van der Waals surface area contributed by atoms with Gasteiger partial charge in [0.2, 0.25) is 0 Å². The average molecular weight is 300 g/mol. The van der Waals surface area contributed by atoms with Gasteiger partial charge >= 0.3 is 6.18 Å². The molecule has 1 aromatic heterocycles. The summed E-state index contributed by atoms with van der Waals surface area (Å²) < 4.78 is 36.7. The maximum atomic E-state index is 12.1. The number of halogens is 4. The Kier molecular flexibility index (Phi) is 5.19. The van der Waals surface area contributed by atoms with Crippen LogP contribution >= 0.6 is 22.9 Å². The Morgan fingerprint density at radius 3 is 2.56 bits per heavy atom. The summed E-state index contributed by atoms with van der Waals surface area (Å²) in [6.07, 6.45) is -5.13. The van der Waals surface area contributed by atoms with Crippen LogP contribution in [-0.2, 0) is 0 Å². The molecule has 1 unspecified atom stereocenters. The smallest absolute Gasteiger partial charge is 0.296 e. The molecular formula is C11H13ClF3NOS. The number of likely N-dealkylation sites (N-methyl/N-ethyl adjacent to an activating group) is 1. The monoisotopic (exact) mass is 299 g/mol. The molecule has 102 valence electrons. The molecule has 0 spiro atoms. The lowest BCUT2D eigenvalue weighted by Gasteiger charge is -2.23. The minimum Gasteiger partial charge on any atom is -0.296 e. The van der Waals surface area contributed by atoms with Gasteiger partial charge in [0, 0.05) is 6.54 Å². The number of alkyl halides is 3. The minimum atomic E-state index is -4.21. The predicted octanol–water partition coefficient (Wildman–Crippen LogP) is 3.86. The Hall–Kier alpha value is -0.590. The van der Waals surface area contributed by atoms with E-state index in [2.05, 4.69) is 0 Å². The van der Waals surface area contributed by atoms with E-state index >= 15 is 0 Å². The van der Waals surface area contributed by atoms with E-state index in [1.54, 1.807) is 19.1 Å². The molecule has 0 radical (unpaired) electrons. The predicted molar refractivity (Wildman–Crippen MR) is 66.4 cm³/mol. The van der Waals surface area contributed by atoms with Gasteiger partial charge in [-0.15, -0.1) is 11.3 Å². The summed E-state index contributed by atoms with van der Waals surface area (Å²) in [5, 5.41) is 0. The van der Waals surface area contributed by atoms with Crippen LogP contribution in [0.25, 0.3) is 0 Å². The number of rotatable bonds is 5. The average Bonchev–Trinajstić information content (AvgIpc) is 2.69. The van der Waals surface area contributed by atoms with E-state index in [9.17, 15) is 18.0 Å². The van der Waals surface area contributed by atoms with Gasteiger partial charge in [0.05, 0.1) is 21.7 Å². The van der Waals surface area contributed by atoms with E-state index in [4.69, 9.17) is 11.6 Å². The highest BCUT2D eigenvalue weighted by atomic mass is 35.5. The maximum Gasteiger partial charge on any atom is 0.390 e. The molecule has 1 aromatic rings. The molecule has 18 heavy (non-hydrogen) atoms. The van der Waals surface area contributed by atoms with E-state index in [0.717, 1.165) is 11.3 Å². The fraction of sp³-hybridized carbons (Fsp3) is 0.545. The zero-order valence-electron chi connectivity index (χ0n) is 9.92. The lowest BCUT2D eigenvalue weighted by Crippen LogP contribution is -2.37. The van der Waals surface area contributed by atoms with Gasteiger partial charge in [-0.05, 0) is 26.1 Å². The largest absolute Gasteiger partial charge is 0.390 e. The Balaban J connectivity index is 2.58. The number of nitrogens with zero attached hydrogens (tertiary/aromatic N) is 1. The van der Waals surface area contributed by atoms with E-state index in [1.165, 1.54) is 11.9 Å². The third-order valence-electron chi connectivity index (χ3n) is 2.60. The van der Waals surface area contributed by atoms with Crippen molar-refractivity contribution in [3.8, 4) is 0 Å². The summed E-state index contributed by atoms with van der Waals surface area (Å²) in [6, 6.07) is 2.59. The summed E-state index contributed by atoms with van der Waals surface area (Å²) >= 11 is 6.85. The van der Waals surface area contributed by atoms with Crippen LogP contribution in [-0.4, -0.2) is 36.5 Å². The fourth-order valence-electron chi connectivity index (χ4n) is 1.35. The molecule has 1 rings (SSSR count). The molecule has 0 aromatic carbocycles. The third-order valence-corrected chi connectivity index (χ3v) is 3.85.